The molecule has 0 aliphatic heterocycles. The third-order valence-electron chi connectivity index (χ3n) is 4.64. The molecule has 5 nitrogen and oxygen atoms in total. The van der Waals surface area contributed by atoms with Crippen molar-refractivity contribution in [2.75, 3.05) is 6.54 Å². The lowest BCUT2D eigenvalue weighted by atomic mass is 10.00. The summed E-state index contributed by atoms with van der Waals surface area (Å²) >= 11 is 0. The van der Waals surface area contributed by atoms with E-state index in [0.29, 0.717) is 12.6 Å². The highest BCUT2D eigenvalue weighted by Gasteiger charge is 2.13. The molecule has 4 N–H and O–H groups in total. The van der Waals surface area contributed by atoms with Crippen molar-refractivity contribution in [3.8, 4) is 0 Å². The molecule has 1 atom stereocenters. The third kappa shape index (κ3) is 4.44. The second-order valence-corrected chi connectivity index (χ2v) is 6.70. The fourth-order valence-corrected chi connectivity index (χ4v) is 3.27. The Morgan fingerprint density at radius 2 is 2.12 bits per heavy atom. The van der Waals surface area contributed by atoms with E-state index in [-0.39, 0.29) is 0 Å². The van der Waals surface area contributed by atoms with Gasteiger partial charge >= 0.3 is 0 Å². The maximum Gasteiger partial charge on any atom is 0.0931 e. The predicted octanol–water partition coefficient (Wildman–Crippen LogP) is 3.01. The van der Waals surface area contributed by atoms with Crippen molar-refractivity contribution in [3.63, 3.8) is 0 Å². The number of hydrogen-bond acceptors (Lipinski definition) is 4. The van der Waals surface area contributed by atoms with Gasteiger partial charge in [0.15, 0.2) is 0 Å². The Morgan fingerprint density at radius 1 is 1.24 bits per heavy atom. The number of pyridine rings is 1. The molecule has 0 fully saturated rings. The van der Waals surface area contributed by atoms with Crippen LogP contribution in [-0.2, 0) is 13.0 Å². The van der Waals surface area contributed by atoms with Gasteiger partial charge in [-0.05, 0) is 62.4 Å². The highest BCUT2D eigenvalue weighted by Crippen LogP contribution is 2.18. The molecule has 3 aromatic rings. The van der Waals surface area contributed by atoms with E-state index in [2.05, 4.69) is 58.4 Å². The standard InChI is InChI=1S/C20H27N5/c1-14-9-15(2)19(23-11-14)12-22-17(6-4-8-21)10-16-5-3-7-18-20(16)25-13-24-18/h3,5,7,9,11,13,17,22H,4,6,8,10,12,21H2,1-2H3,(H,24,25). The van der Waals surface area contributed by atoms with Gasteiger partial charge in [0.05, 0.1) is 23.1 Å². The summed E-state index contributed by atoms with van der Waals surface area (Å²) in [6, 6.07) is 8.85. The summed E-state index contributed by atoms with van der Waals surface area (Å²) in [5.74, 6) is 0. The lowest BCUT2D eigenvalue weighted by molar-refractivity contribution is 0.463. The average molecular weight is 337 g/mol. The van der Waals surface area contributed by atoms with E-state index in [4.69, 9.17) is 5.73 Å². The molecule has 1 unspecified atom stereocenters. The van der Waals surface area contributed by atoms with Gasteiger partial charge in [0.2, 0.25) is 0 Å². The van der Waals surface area contributed by atoms with Crippen molar-refractivity contribution in [1.29, 1.82) is 0 Å². The zero-order valence-corrected chi connectivity index (χ0v) is 15.0. The fraction of sp³-hybridized carbons (Fsp3) is 0.400. The number of nitrogens with one attached hydrogen (secondary N) is 2. The Hall–Kier alpha value is -2.24. The Balaban J connectivity index is 1.72. The van der Waals surface area contributed by atoms with E-state index in [1.807, 2.05) is 6.20 Å². The quantitative estimate of drug-likeness (QED) is 0.590. The van der Waals surface area contributed by atoms with Crippen LogP contribution in [0.4, 0.5) is 0 Å². The number of aromatic nitrogens is 3. The number of imidazole rings is 1. The van der Waals surface area contributed by atoms with Crippen LogP contribution in [0.25, 0.3) is 11.0 Å². The maximum absolute atomic E-state index is 5.73. The van der Waals surface area contributed by atoms with Crippen LogP contribution in [0.1, 0.15) is 35.2 Å². The number of nitrogens with zero attached hydrogens (tertiary/aromatic N) is 2. The molecule has 0 saturated heterocycles. The molecule has 25 heavy (non-hydrogen) atoms. The fourth-order valence-electron chi connectivity index (χ4n) is 3.27. The molecule has 2 aromatic heterocycles. The van der Waals surface area contributed by atoms with Gasteiger partial charge in [-0.1, -0.05) is 18.2 Å². The van der Waals surface area contributed by atoms with Crippen molar-refractivity contribution in [2.24, 2.45) is 5.73 Å². The van der Waals surface area contributed by atoms with Gasteiger partial charge in [-0.3, -0.25) is 4.98 Å². The molecular formula is C20H27N5. The number of benzene rings is 1. The summed E-state index contributed by atoms with van der Waals surface area (Å²) in [6.07, 6.45) is 6.68. The number of para-hydroxylation sites is 1. The summed E-state index contributed by atoms with van der Waals surface area (Å²) in [4.78, 5) is 12.2. The molecule has 0 spiro atoms. The summed E-state index contributed by atoms with van der Waals surface area (Å²) in [7, 11) is 0. The molecule has 3 rings (SSSR count). The lowest BCUT2D eigenvalue weighted by Crippen LogP contribution is -2.32. The Morgan fingerprint density at radius 3 is 2.92 bits per heavy atom. The van der Waals surface area contributed by atoms with Gasteiger partial charge in [0, 0.05) is 18.8 Å². The molecule has 0 aliphatic carbocycles. The Bertz CT molecular complexity index is 824. The van der Waals surface area contributed by atoms with Crippen molar-refractivity contribution in [3.05, 3.63) is 59.2 Å². The molecule has 0 aliphatic rings. The molecule has 2 heterocycles. The smallest absolute Gasteiger partial charge is 0.0931 e. The van der Waals surface area contributed by atoms with Crippen LogP contribution in [0.2, 0.25) is 0 Å². The van der Waals surface area contributed by atoms with E-state index < -0.39 is 0 Å². The van der Waals surface area contributed by atoms with E-state index in [1.54, 1.807) is 6.33 Å². The molecule has 0 saturated carbocycles. The van der Waals surface area contributed by atoms with E-state index >= 15 is 0 Å². The molecule has 1 aromatic carbocycles. The number of aryl methyl sites for hydroxylation is 2. The van der Waals surface area contributed by atoms with Gasteiger partial charge in [-0.2, -0.15) is 0 Å². The SMILES string of the molecule is Cc1cnc(CNC(CCCN)Cc2cccc3[nH]cnc23)c(C)c1. The molecule has 0 amide bonds. The number of aromatic amines is 1. The average Bonchev–Trinajstić information content (AvgIpc) is 3.08. The monoisotopic (exact) mass is 337 g/mol. The van der Waals surface area contributed by atoms with Gasteiger partial charge in [-0.25, -0.2) is 4.98 Å². The summed E-state index contributed by atoms with van der Waals surface area (Å²) in [6.45, 7) is 5.69. The number of hydrogen-bond donors (Lipinski definition) is 3. The first-order chi connectivity index (χ1) is 12.2. The van der Waals surface area contributed by atoms with E-state index in [9.17, 15) is 0 Å². The Labute approximate surface area is 149 Å². The number of H-pyrrole nitrogens is 1. The normalized spacial score (nSPS) is 12.6. The third-order valence-corrected chi connectivity index (χ3v) is 4.64. The minimum Gasteiger partial charge on any atom is -0.345 e. The zero-order chi connectivity index (χ0) is 17.6. The van der Waals surface area contributed by atoms with E-state index in [1.165, 1.54) is 16.7 Å². The zero-order valence-electron chi connectivity index (χ0n) is 15.0. The highest BCUT2D eigenvalue weighted by atomic mass is 14.9. The molecule has 132 valence electrons. The van der Waals surface area contributed by atoms with Crippen molar-refractivity contribution in [1.82, 2.24) is 20.3 Å². The van der Waals surface area contributed by atoms with Gasteiger partial charge in [0.25, 0.3) is 0 Å². The second-order valence-electron chi connectivity index (χ2n) is 6.70. The van der Waals surface area contributed by atoms with Gasteiger partial charge in [-0.15, -0.1) is 0 Å². The van der Waals surface area contributed by atoms with Crippen molar-refractivity contribution >= 4 is 11.0 Å². The molecule has 0 bridgehead atoms. The topological polar surface area (TPSA) is 79.6 Å². The van der Waals surface area contributed by atoms with Crippen LogP contribution >= 0.6 is 0 Å². The minimum atomic E-state index is 0.355. The van der Waals surface area contributed by atoms with Gasteiger partial charge < -0.3 is 16.0 Å². The van der Waals surface area contributed by atoms with Crippen LogP contribution in [0.15, 0.2) is 36.8 Å². The highest BCUT2D eigenvalue weighted by molar-refractivity contribution is 5.78. The number of nitrogens with two attached hydrogens (primary N) is 1. The molecule has 0 radical (unpaired) electrons. The number of fused-ring (bicyclic) bond motifs is 1. The van der Waals surface area contributed by atoms with E-state index in [0.717, 1.165) is 42.5 Å². The first-order valence-electron chi connectivity index (χ1n) is 8.94. The summed E-state index contributed by atoms with van der Waals surface area (Å²) in [5, 5.41) is 3.68. The van der Waals surface area contributed by atoms with Crippen molar-refractivity contribution < 1.29 is 0 Å². The predicted molar refractivity (Wildman–Crippen MR) is 102 cm³/mol. The van der Waals surface area contributed by atoms with Crippen LogP contribution in [0, 0.1) is 13.8 Å². The Kier molecular flexibility index (Phi) is 5.79. The largest absolute Gasteiger partial charge is 0.345 e. The van der Waals surface area contributed by atoms with Crippen molar-refractivity contribution in [2.45, 2.75) is 45.7 Å². The van der Waals surface area contributed by atoms with Crippen LogP contribution in [0.5, 0.6) is 0 Å². The second kappa shape index (κ2) is 8.23. The number of rotatable bonds is 8. The summed E-state index contributed by atoms with van der Waals surface area (Å²) in [5.41, 5.74) is 12.7. The van der Waals surface area contributed by atoms with Crippen LogP contribution in [-0.4, -0.2) is 27.5 Å². The van der Waals surface area contributed by atoms with Crippen LogP contribution < -0.4 is 11.1 Å². The lowest BCUT2D eigenvalue weighted by Gasteiger charge is -2.19. The molecular weight excluding hydrogens is 310 g/mol. The van der Waals surface area contributed by atoms with Crippen LogP contribution in [0.3, 0.4) is 0 Å². The van der Waals surface area contributed by atoms with Gasteiger partial charge in [0.1, 0.15) is 0 Å². The minimum absolute atomic E-state index is 0.355. The molecule has 5 heteroatoms. The first kappa shape index (κ1) is 17.6. The first-order valence-corrected chi connectivity index (χ1v) is 8.94. The summed E-state index contributed by atoms with van der Waals surface area (Å²) < 4.78 is 0. The maximum atomic E-state index is 5.73.